The number of aryl methyl sites for hydroxylation is 1. The molecular weight excluding hydrogens is 296 g/mol. The lowest BCUT2D eigenvalue weighted by atomic mass is 9.75. The molecule has 0 saturated heterocycles. The summed E-state index contributed by atoms with van der Waals surface area (Å²) in [6, 6.07) is 16.2. The monoisotopic (exact) mass is 320 g/mol. The molecule has 1 aliphatic carbocycles. The minimum Gasteiger partial charge on any atom is -0.129 e. The van der Waals surface area contributed by atoms with Crippen LogP contribution in [0.1, 0.15) is 43.7 Å². The average Bonchev–Trinajstić information content (AvgIpc) is 2.59. The molecule has 0 saturated carbocycles. The van der Waals surface area contributed by atoms with E-state index in [1.807, 2.05) is 11.8 Å². The third-order valence-corrected chi connectivity index (χ3v) is 6.33. The van der Waals surface area contributed by atoms with Gasteiger partial charge in [0.1, 0.15) is 0 Å². The summed E-state index contributed by atoms with van der Waals surface area (Å²) < 4.78 is 0. The molecule has 0 fully saturated rings. The topological polar surface area (TPSA) is 0 Å². The van der Waals surface area contributed by atoms with E-state index in [0.29, 0.717) is 0 Å². The molecule has 1 unspecified atom stereocenters. The number of hydrogen-bond donors (Lipinski definition) is 0. The Morgan fingerprint density at radius 2 is 1.65 bits per heavy atom. The minimum absolute atomic E-state index is 0.732. The lowest BCUT2D eigenvalue weighted by Gasteiger charge is -2.29. The van der Waals surface area contributed by atoms with Gasteiger partial charge in [-0.25, -0.2) is 0 Å². The van der Waals surface area contributed by atoms with Crippen molar-refractivity contribution in [2.75, 3.05) is 6.26 Å². The van der Waals surface area contributed by atoms with Crippen molar-refractivity contribution in [1.29, 1.82) is 0 Å². The van der Waals surface area contributed by atoms with E-state index in [1.165, 1.54) is 45.7 Å². The van der Waals surface area contributed by atoms with E-state index in [4.69, 9.17) is 0 Å². The normalized spacial score (nSPS) is 17.8. The van der Waals surface area contributed by atoms with Crippen molar-refractivity contribution in [1.82, 2.24) is 0 Å². The largest absolute Gasteiger partial charge is 0.129 e. The fourth-order valence-corrected chi connectivity index (χ4v) is 4.99. The maximum absolute atomic E-state index is 2.42. The van der Waals surface area contributed by atoms with Crippen molar-refractivity contribution in [3.05, 3.63) is 53.6 Å². The van der Waals surface area contributed by atoms with Crippen LogP contribution in [0.2, 0.25) is 0 Å². The van der Waals surface area contributed by atoms with Crippen LogP contribution in [0, 0.1) is 5.92 Å². The van der Waals surface area contributed by atoms with Crippen LogP contribution in [0.5, 0.6) is 0 Å². The molecule has 0 aliphatic heterocycles. The predicted octanol–water partition coefficient (Wildman–Crippen LogP) is 6.79. The van der Waals surface area contributed by atoms with Crippen LogP contribution in [0.15, 0.2) is 47.4 Å². The standard InChI is InChI=1S/C22H24S/c1-14(2)15-6-4-7-16-18(15)10-11-20-17-8-5-9-22(23-3)21(17)13-12-19(16)20/h5,8-15H,4,6-7H2,1-3H3. The Bertz CT molecular complexity index is 876. The quantitative estimate of drug-likeness (QED) is 0.370. The van der Waals surface area contributed by atoms with Crippen molar-refractivity contribution >= 4 is 33.3 Å². The van der Waals surface area contributed by atoms with Gasteiger partial charge < -0.3 is 0 Å². The Balaban J connectivity index is 2.02. The molecule has 4 rings (SSSR count). The summed E-state index contributed by atoms with van der Waals surface area (Å²) in [5.41, 5.74) is 3.23. The molecule has 0 heterocycles. The van der Waals surface area contributed by atoms with Gasteiger partial charge in [-0.2, -0.15) is 0 Å². The average molecular weight is 321 g/mol. The van der Waals surface area contributed by atoms with Crippen molar-refractivity contribution in [2.24, 2.45) is 5.92 Å². The van der Waals surface area contributed by atoms with Crippen molar-refractivity contribution in [3.63, 3.8) is 0 Å². The number of benzene rings is 3. The second kappa shape index (κ2) is 5.87. The van der Waals surface area contributed by atoms with E-state index in [2.05, 4.69) is 62.6 Å². The fourth-order valence-electron chi connectivity index (χ4n) is 4.38. The Kier molecular flexibility index (Phi) is 3.85. The van der Waals surface area contributed by atoms with Gasteiger partial charge in [-0.1, -0.05) is 50.2 Å². The lowest BCUT2D eigenvalue weighted by molar-refractivity contribution is 0.435. The van der Waals surface area contributed by atoms with Gasteiger partial charge in [-0.15, -0.1) is 11.8 Å². The van der Waals surface area contributed by atoms with Crippen LogP contribution in [-0.2, 0) is 6.42 Å². The Hall–Kier alpha value is -1.47. The van der Waals surface area contributed by atoms with E-state index < -0.39 is 0 Å². The molecule has 0 aromatic heterocycles. The number of thioether (sulfide) groups is 1. The van der Waals surface area contributed by atoms with Crippen LogP contribution in [0.25, 0.3) is 21.5 Å². The molecule has 0 nitrogen and oxygen atoms in total. The van der Waals surface area contributed by atoms with Gasteiger partial charge in [0, 0.05) is 4.90 Å². The zero-order chi connectivity index (χ0) is 16.0. The summed E-state index contributed by atoms with van der Waals surface area (Å²) in [5.74, 6) is 1.46. The van der Waals surface area contributed by atoms with E-state index >= 15 is 0 Å². The van der Waals surface area contributed by atoms with Gasteiger partial charge in [-0.3, -0.25) is 0 Å². The summed E-state index contributed by atoms with van der Waals surface area (Å²) in [7, 11) is 0. The molecule has 0 bridgehead atoms. The molecule has 3 aromatic rings. The maximum atomic E-state index is 2.42. The highest BCUT2D eigenvalue weighted by molar-refractivity contribution is 7.98. The number of fused-ring (bicyclic) bond motifs is 5. The van der Waals surface area contributed by atoms with Crippen LogP contribution >= 0.6 is 11.8 Å². The second-order valence-corrected chi connectivity index (χ2v) is 7.94. The van der Waals surface area contributed by atoms with Crippen LogP contribution < -0.4 is 0 Å². The van der Waals surface area contributed by atoms with E-state index in [-0.39, 0.29) is 0 Å². The Labute approximate surface area is 143 Å². The van der Waals surface area contributed by atoms with Crippen molar-refractivity contribution in [2.45, 2.75) is 43.9 Å². The highest BCUT2D eigenvalue weighted by Crippen LogP contribution is 2.41. The molecule has 118 valence electrons. The van der Waals surface area contributed by atoms with Crippen LogP contribution in [-0.4, -0.2) is 6.26 Å². The van der Waals surface area contributed by atoms with Gasteiger partial charge in [-0.05, 0) is 76.1 Å². The SMILES string of the molecule is CSc1cccc2c1ccc1c3c(ccc12)C(C(C)C)CCC3. The summed E-state index contributed by atoms with van der Waals surface area (Å²) in [4.78, 5) is 1.38. The lowest BCUT2D eigenvalue weighted by Crippen LogP contribution is -2.15. The fraction of sp³-hybridized carbons (Fsp3) is 0.364. The number of hydrogen-bond acceptors (Lipinski definition) is 1. The molecule has 23 heavy (non-hydrogen) atoms. The first-order chi connectivity index (χ1) is 11.2. The molecule has 1 atom stereocenters. The zero-order valence-corrected chi connectivity index (χ0v) is 15.0. The van der Waals surface area contributed by atoms with E-state index in [0.717, 1.165) is 11.8 Å². The molecule has 0 radical (unpaired) electrons. The van der Waals surface area contributed by atoms with Crippen molar-refractivity contribution < 1.29 is 0 Å². The molecule has 1 heteroatoms. The molecule has 3 aromatic carbocycles. The summed E-state index contributed by atoms with van der Waals surface area (Å²) >= 11 is 1.84. The zero-order valence-electron chi connectivity index (χ0n) is 14.2. The molecule has 0 spiro atoms. The van der Waals surface area contributed by atoms with Gasteiger partial charge in [0.15, 0.2) is 0 Å². The Morgan fingerprint density at radius 1 is 0.913 bits per heavy atom. The van der Waals surface area contributed by atoms with Crippen LogP contribution in [0.4, 0.5) is 0 Å². The highest BCUT2D eigenvalue weighted by Gasteiger charge is 2.24. The van der Waals surface area contributed by atoms with Gasteiger partial charge in [0.05, 0.1) is 0 Å². The molecule has 0 N–H and O–H groups in total. The molecule has 1 aliphatic rings. The first kappa shape index (κ1) is 15.1. The Morgan fingerprint density at radius 3 is 2.43 bits per heavy atom. The molecule has 0 amide bonds. The maximum Gasteiger partial charge on any atom is 0.0148 e. The van der Waals surface area contributed by atoms with Crippen LogP contribution in [0.3, 0.4) is 0 Å². The first-order valence-corrected chi connectivity index (χ1v) is 9.94. The predicted molar refractivity (Wildman–Crippen MR) is 104 cm³/mol. The minimum atomic E-state index is 0.732. The van der Waals surface area contributed by atoms with Gasteiger partial charge in [0.25, 0.3) is 0 Å². The molecular formula is C22H24S. The van der Waals surface area contributed by atoms with E-state index in [1.54, 1.807) is 11.1 Å². The van der Waals surface area contributed by atoms with Gasteiger partial charge >= 0.3 is 0 Å². The number of rotatable bonds is 2. The third kappa shape index (κ3) is 2.37. The summed E-state index contributed by atoms with van der Waals surface area (Å²) in [6.07, 6.45) is 6.08. The summed E-state index contributed by atoms with van der Waals surface area (Å²) in [5, 5.41) is 5.72. The van der Waals surface area contributed by atoms with E-state index in [9.17, 15) is 0 Å². The highest BCUT2D eigenvalue weighted by atomic mass is 32.2. The first-order valence-electron chi connectivity index (χ1n) is 8.72. The van der Waals surface area contributed by atoms with Crippen molar-refractivity contribution in [3.8, 4) is 0 Å². The van der Waals surface area contributed by atoms with Gasteiger partial charge in [0.2, 0.25) is 0 Å². The summed E-state index contributed by atoms with van der Waals surface area (Å²) in [6.45, 7) is 4.74. The second-order valence-electron chi connectivity index (χ2n) is 7.09. The smallest absolute Gasteiger partial charge is 0.0148 e. The third-order valence-electron chi connectivity index (χ3n) is 5.53.